The van der Waals surface area contributed by atoms with Crippen LogP contribution in [0.1, 0.15) is 17.0 Å². The molecule has 4 aromatic heterocycles. The van der Waals surface area contributed by atoms with Crippen molar-refractivity contribution in [3.8, 4) is 11.6 Å². The van der Waals surface area contributed by atoms with Gasteiger partial charge in [-0.15, -0.1) is 11.3 Å². The van der Waals surface area contributed by atoms with Crippen LogP contribution < -0.4 is 5.73 Å². The zero-order valence-electron chi connectivity index (χ0n) is 12.8. The number of nitrogens with two attached hydrogens (primary N) is 1. The van der Waals surface area contributed by atoms with Gasteiger partial charge in [-0.25, -0.2) is 15.0 Å². The zero-order valence-corrected chi connectivity index (χ0v) is 13.7. The summed E-state index contributed by atoms with van der Waals surface area (Å²) in [7, 11) is 0. The first kappa shape index (κ1) is 14.8. The number of anilines is 1. The summed E-state index contributed by atoms with van der Waals surface area (Å²) in [6, 6.07) is 8.09. The Labute approximate surface area is 142 Å². The van der Waals surface area contributed by atoms with Gasteiger partial charge in [-0.2, -0.15) is 0 Å². The minimum Gasteiger partial charge on any atom is -0.440 e. The molecule has 4 rings (SSSR count). The third-order valence-electron chi connectivity index (χ3n) is 3.71. The quantitative estimate of drug-likeness (QED) is 0.599. The molecule has 0 aromatic carbocycles. The van der Waals surface area contributed by atoms with Crippen molar-refractivity contribution in [2.45, 2.75) is 19.3 Å². The predicted molar refractivity (Wildman–Crippen MR) is 93.6 cm³/mol. The van der Waals surface area contributed by atoms with Crippen molar-refractivity contribution >= 4 is 27.4 Å². The van der Waals surface area contributed by atoms with Gasteiger partial charge in [-0.3, -0.25) is 4.98 Å². The van der Waals surface area contributed by atoms with Crippen molar-refractivity contribution in [3.63, 3.8) is 0 Å². The summed E-state index contributed by atoms with van der Waals surface area (Å²) in [5, 5.41) is 0.899. The Hall–Kier alpha value is -2.80. The molecule has 24 heavy (non-hydrogen) atoms. The molecule has 0 atom stereocenters. The first-order chi connectivity index (χ1) is 11.8. The number of rotatable bonds is 5. The second-order valence-corrected chi connectivity index (χ2v) is 6.52. The number of fused-ring (bicyclic) bond motifs is 1. The number of nitrogens with zero attached hydrogens (tertiary/aromatic N) is 4. The molecule has 0 unspecified atom stereocenters. The van der Waals surface area contributed by atoms with E-state index in [-0.39, 0.29) is 0 Å². The summed E-state index contributed by atoms with van der Waals surface area (Å²) >= 11 is 1.64. The van der Waals surface area contributed by atoms with Crippen LogP contribution in [0, 0.1) is 0 Å². The van der Waals surface area contributed by atoms with Crippen LogP contribution in [0.5, 0.6) is 0 Å². The monoisotopic (exact) mass is 337 g/mol. The smallest absolute Gasteiger partial charge is 0.200 e. The Balaban J connectivity index is 1.53. The highest BCUT2D eigenvalue weighted by Gasteiger charge is 2.13. The van der Waals surface area contributed by atoms with E-state index in [0.717, 1.165) is 35.2 Å². The average Bonchev–Trinajstić information content (AvgIpc) is 3.25. The maximum Gasteiger partial charge on any atom is 0.200 e. The largest absolute Gasteiger partial charge is 0.440 e. The summed E-state index contributed by atoms with van der Waals surface area (Å²) in [6.45, 7) is 0. The summed E-state index contributed by atoms with van der Waals surface area (Å²) in [6.07, 6.45) is 7.73. The fourth-order valence-corrected chi connectivity index (χ4v) is 3.62. The first-order valence-electron chi connectivity index (χ1n) is 7.64. The molecule has 2 N–H and O–H groups in total. The Kier molecular flexibility index (Phi) is 3.92. The first-order valence-corrected chi connectivity index (χ1v) is 8.46. The fraction of sp³-hybridized carbons (Fsp3) is 0.176. The lowest BCUT2D eigenvalue weighted by Crippen LogP contribution is -1.95. The number of thiophene rings is 1. The molecule has 0 saturated carbocycles. The van der Waals surface area contributed by atoms with Crippen LogP contribution in [0.15, 0.2) is 47.5 Å². The highest BCUT2D eigenvalue weighted by Crippen LogP contribution is 2.30. The molecule has 0 radical (unpaired) electrons. The van der Waals surface area contributed by atoms with Crippen LogP contribution in [0.2, 0.25) is 0 Å². The van der Waals surface area contributed by atoms with E-state index in [9.17, 15) is 0 Å². The van der Waals surface area contributed by atoms with E-state index in [1.165, 1.54) is 11.3 Å². The summed E-state index contributed by atoms with van der Waals surface area (Å²) in [5.74, 6) is 1.46. The Bertz CT molecular complexity index is 950. The van der Waals surface area contributed by atoms with Gasteiger partial charge in [0.15, 0.2) is 12.2 Å². The molecule has 0 aliphatic rings. The minimum absolute atomic E-state index is 0.471. The molecule has 4 heterocycles. The molecule has 0 spiro atoms. The lowest BCUT2D eigenvalue weighted by Gasteiger charge is -1.98. The van der Waals surface area contributed by atoms with Gasteiger partial charge in [0, 0.05) is 16.8 Å². The minimum atomic E-state index is 0.471. The van der Waals surface area contributed by atoms with Crippen molar-refractivity contribution in [1.29, 1.82) is 0 Å². The van der Waals surface area contributed by atoms with Gasteiger partial charge < -0.3 is 10.2 Å². The zero-order chi connectivity index (χ0) is 16.4. The third-order valence-corrected chi connectivity index (χ3v) is 4.80. The molecule has 120 valence electrons. The van der Waals surface area contributed by atoms with E-state index in [2.05, 4.69) is 32.1 Å². The number of aryl methyl sites for hydroxylation is 2. The van der Waals surface area contributed by atoms with Gasteiger partial charge in [0.05, 0.1) is 11.6 Å². The lowest BCUT2D eigenvalue weighted by molar-refractivity contribution is 0.568. The van der Waals surface area contributed by atoms with Crippen LogP contribution in [0.3, 0.4) is 0 Å². The second-order valence-electron chi connectivity index (χ2n) is 5.40. The SMILES string of the molecule is Nc1nc(-c2cnco2)nc2sc(CCCc3ccccn3)cc12. The highest BCUT2D eigenvalue weighted by molar-refractivity contribution is 7.18. The van der Waals surface area contributed by atoms with E-state index < -0.39 is 0 Å². The number of nitrogen functional groups attached to an aromatic ring is 1. The third kappa shape index (κ3) is 2.98. The molecular formula is C17H15N5OS. The number of oxazole rings is 1. The van der Waals surface area contributed by atoms with Crippen LogP contribution in [0.25, 0.3) is 21.8 Å². The molecule has 0 fully saturated rings. The molecular weight excluding hydrogens is 322 g/mol. The van der Waals surface area contributed by atoms with E-state index >= 15 is 0 Å². The maximum absolute atomic E-state index is 6.08. The van der Waals surface area contributed by atoms with Gasteiger partial charge >= 0.3 is 0 Å². The van der Waals surface area contributed by atoms with Crippen molar-refractivity contribution in [2.75, 3.05) is 5.73 Å². The lowest BCUT2D eigenvalue weighted by atomic mass is 10.1. The summed E-state index contributed by atoms with van der Waals surface area (Å²) in [4.78, 5) is 19.2. The summed E-state index contributed by atoms with van der Waals surface area (Å²) in [5.41, 5.74) is 7.20. The average molecular weight is 337 g/mol. The number of hydrogen-bond acceptors (Lipinski definition) is 7. The normalized spacial score (nSPS) is 11.2. The highest BCUT2D eigenvalue weighted by atomic mass is 32.1. The van der Waals surface area contributed by atoms with E-state index in [0.29, 0.717) is 17.4 Å². The molecule has 0 bridgehead atoms. The van der Waals surface area contributed by atoms with Gasteiger partial charge in [-0.05, 0) is 37.5 Å². The molecule has 6 nitrogen and oxygen atoms in total. The van der Waals surface area contributed by atoms with E-state index in [1.54, 1.807) is 17.5 Å². The fourth-order valence-electron chi connectivity index (χ4n) is 2.54. The molecule has 4 aromatic rings. The molecule has 0 aliphatic heterocycles. The van der Waals surface area contributed by atoms with Crippen molar-refractivity contribution in [3.05, 3.63) is 53.6 Å². The van der Waals surface area contributed by atoms with E-state index in [4.69, 9.17) is 10.2 Å². The predicted octanol–water partition coefficient (Wildman–Crippen LogP) is 3.50. The van der Waals surface area contributed by atoms with E-state index in [1.807, 2.05) is 18.3 Å². The molecule has 7 heteroatoms. The van der Waals surface area contributed by atoms with Crippen LogP contribution in [-0.4, -0.2) is 19.9 Å². The molecule has 0 aliphatic carbocycles. The van der Waals surface area contributed by atoms with Crippen LogP contribution >= 0.6 is 11.3 Å². The number of hydrogen-bond donors (Lipinski definition) is 1. The molecule has 0 saturated heterocycles. The second kappa shape index (κ2) is 6.37. The van der Waals surface area contributed by atoms with Gasteiger partial charge in [-0.1, -0.05) is 6.07 Å². The standard InChI is InChI=1S/C17H15N5OS/c18-15-13-8-12(6-3-5-11-4-1-2-7-20-11)24-17(13)22-16(21-15)14-9-19-10-23-14/h1-2,4,7-10H,3,5-6H2,(H2,18,21,22). The topological polar surface area (TPSA) is 90.7 Å². The van der Waals surface area contributed by atoms with Crippen LogP contribution in [0.4, 0.5) is 5.82 Å². The van der Waals surface area contributed by atoms with Crippen molar-refractivity contribution in [1.82, 2.24) is 19.9 Å². The van der Waals surface area contributed by atoms with Crippen molar-refractivity contribution < 1.29 is 4.42 Å². The Morgan fingerprint density at radius 3 is 2.92 bits per heavy atom. The van der Waals surface area contributed by atoms with Gasteiger partial charge in [0.25, 0.3) is 0 Å². The van der Waals surface area contributed by atoms with Crippen LogP contribution in [-0.2, 0) is 12.8 Å². The van der Waals surface area contributed by atoms with Crippen molar-refractivity contribution in [2.24, 2.45) is 0 Å². The van der Waals surface area contributed by atoms with Gasteiger partial charge in [0.2, 0.25) is 5.82 Å². The van der Waals surface area contributed by atoms with Gasteiger partial charge in [0.1, 0.15) is 10.6 Å². The Morgan fingerprint density at radius 1 is 1.17 bits per heavy atom. The molecule has 0 amide bonds. The number of pyridine rings is 1. The summed E-state index contributed by atoms with van der Waals surface area (Å²) < 4.78 is 5.25. The Morgan fingerprint density at radius 2 is 2.12 bits per heavy atom. The number of aromatic nitrogens is 4. The maximum atomic E-state index is 6.08.